The SMILES string of the molecule is COc1c(Cl)cccc1NC(=S)C1=C(NCc2ccncc2O)CCNC1=O. The Labute approximate surface area is 172 Å². The van der Waals surface area contributed by atoms with Crippen LogP contribution in [0.15, 0.2) is 47.9 Å². The lowest BCUT2D eigenvalue weighted by atomic mass is 10.1. The predicted molar refractivity (Wildman–Crippen MR) is 112 cm³/mol. The summed E-state index contributed by atoms with van der Waals surface area (Å²) in [4.78, 5) is 16.6. The number of amides is 1. The molecule has 4 N–H and O–H groups in total. The van der Waals surface area contributed by atoms with Crippen LogP contribution >= 0.6 is 23.8 Å². The molecule has 9 heteroatoms. The van der Waals surface area contributed by atoms with E-state index in [2.05, 4.69) is 20.9 Å². The van der Waals surface area contributed by atoms with Gasteiger partial charge in [-0.15, -0.1) is 0 Å². The maximum atomic E-state index is 12.5. The number of anilines is 1. The summed E-state index contributed by atoms with van der Waals surface area (Å²) in [6.45, 7) is 0.833. The van der Waals surface area contributed by atoms with Gasteiger partial charge in [0.2, 0.25) is 0 Å². The van der Waals surface area contributed by atoms with Gasteiger partial charge in [-0.1, -0.05) is 29.9 Å². The van der Waals surface area contributed by atoms with E-state index in [1.54, 1.807) is 30.5 Å². The Balaban J connectivity index is 1.85. The van der Waals surface area contributed by atoms with Crippen LogP contribution in [0.25, 0.3) is 0 Å². The quantitative estimate of drug-likeness (QED) is 0.536. The summed E-state index contributed by atoms with van der Waals surface area (Å²) in [5, 5.41) is 19.4. The van der Waals surface area contributed by atoms with Crippen molar-refractivity contribution in [1.82, 2.24) is 15.6 Å². The average Bonchev–Trinajstić information content (AvgIpc) is 2.67. The van der Waals surface area contributed by atoms with Crippen molar-refractivity contribution >= 4 is 40.4 Å². The fourth-order valence-corrected chi connectivity index (χ4v) is 3.41. The second-order valence-electron chi connectivity index (χ2n) is 5.99. The van der Waals surface area contributed by atoms with Crippen LogP contribution in [0, 0.1) is 0 Å². The maximum absolute atomic E-state index is 12.5. The number of pyridine rings is 1. The summed E-state index contributed by atoms with van der Waals surface area (Å²) in [6.07, 6.45) is 3.55. The summed E-state index contributed by atoms with van der Waals surface area (Å²) < 4.78 is 5.32. The van der Waals surface area contributed by atoms with Gasteiger partial charge in [0.05, 0.1) is 29.6 Å². The monoisotopic (exact) mass is 418 g/mol. The summed E-state index contributed by atoms with van der Waals surface area (Å²) in [7, 11) is 1.51. The van der Waals surface area contributed by atoms with Gasteiger partial charge >= 0.3 is 0 Å². The fraction of sp³-hybridized carbons (Fsp3) is 0.211. The van der Waals surface area contributed by atoms with Crippen molar-refractivity contribution in [3.05, 3.63) is 58.5 Å². The summed E-state index contributed by atoms with van der Waals surface area (Å²) >= 11 is 11.6. The first-order chi connectivity index (χ1) is 13.5. The lowest BCUT2D eigenvalue weighted by Crippen LogP contribution is -2.39. The highest BCUT2D eigenvalue weighted by atomic mass is 35.5. The highest BCUT2D eigenvalue weighted by Gasteiger charge is 2.25. The number of carbonyl (C=O) groups excluding carboxylic acids is 1. The van der Waals surface area contributed by atoms with Crippen LogP contribution in [-0.2, 0) is 11.3 Å². The van der Waals surface area contributed by atoms with Gasteiger partial charge in [-0.3, -0.25) is 9.78 Å². The molecule has 1 amide bonds. The molecule has 0 saturated carbocycles. The van der Waals surface area contributed by atoms with E-state index < -0.39 is 0 Å². The topological polar surface area (TPSA) is 95.5 Å². The number of hydrogen-bond donors (Lipinski definition) is 4. The summed E-state index contributed by atoms with van der Waals surface area (Å²) in [6, 6.07) is 6.94. The van der Waals surface area contributed by atoms with Crippen LogP contribution in [-0.4, -0.2) is 34.6 Å². The number of thiocarbonyl (C=S) groups is 1. The van der Waals surface area contributed by atoms with Crippen LogP contribution in [0.1, 0.15) is 12.0 Å². The third kappa shape index (κ3) is 4.35. The standard InChI is InChI=1S/C19H19ClN4O3S/c1-27-17-12(20)3-2-4-14(17)24-19(28)16-13(6-8-22-18(16)26)23-9-11-5-7-21-10-15(11)25/h2-5,7,10,23,25H,6,8-9H2,1H3,(H,22,26)(H,24,28). The highest BCUT2D eigenvalue weighted by Crippen LogP contribution is 2.33. The van der Waals surface area contributed by atoms with E-state index in [0.717, 1.165) is 0 Å². The van der Waals surface area contributed by atoms with Crippen molar-refractivity contribution in [3.63, 3.8) is 0 Å². The largest absolute Gasteiger partial charge is 0.506 e. The molecule has 1 aliphatic heterocycles. The van der Waals surface area contributed by atoms with Gasteiger partial charge in [-0.2, -0.15) is 0 Å². The van der Waals surface area contributed by atoms with E-state index >= 15 is 0 Å². The van der Waals surface area contributed by atoms with Crippen molar-refractivity contribution in [3.8, 4) is 11.5 Å². The van der Waals surface area contributed by atoms with Crippen molar-refractivity contribution in [2.75, 3.05) is 19.0 Å². The number of halogens is 1. The lowest BCUT2D eigenvalue weighted by molar-refractivity contribution is -0.117. The molecular formula is C19H19ClN4O3S. The molecule has 146 valence electrons. The first kappa shape index (κ1) is 19.9. The van der Waals surface area contributed by atoms with Gasteiger partial charge in [0.15, 0.2) is 5.75 Å². The average molecular weight is 419 g/mol. The van der Waals surface area contributed by atoms with Gasteiger partial charge in [-0.05, 0) is 18.2 Å². The lowest BCUT2D eigenvalue weighted by Gasteiger charge is -2.23. The number of ether oxygens (including phenoxy) is 1. The molecule has 0 aliphatic carbocycles. The van der Waals surface area contributed by atoms with E-state index in [1.165, 1.54) is 13.3 Å². The van der Waals surface area contributed by atoms with Gasteiger partial charge in [0, 0.05) is 37.0 Å². The minimum Gasteiger partial charge on any atom is -0.506 e. The van der Waals surface area contributed by atoms with E-state index in [-0.39, 0.29) is 16.6 Å². The van der Waals surface area contributed by atoms with Crippen molar-refractivity contribution in [1.29, 1.82) is 0 Å². The second kappa shape index (κ2) is 8.90. The van der Waals surface area contributed by atoms with E-state index in [9.17, 15) is 9.90 Å². The molecule has 28 heavy (non-hydrogen) atoms. The van der Waals surface area contributed by atoms with Crippen molar-refractivity contribution < 1.29 is 14.6 Å². The van der Waals surface area contributed by atoms with Crippen LogP contribution in [0.5, 0.6) is 11.5 Å². The smallest absolute Gasteiger partial charge is 0.256 e. The summed E-state index contributed by atoms with van der Waals surface area (Å²) in [5.74, 6) is 0.257. The second-order valence-corrected chi connectivity index (χ2v) is 6.81. The van der Waals surface area contributed by atoms with Gasteiger partial charge in [-0.25, -0.2) is 0 Å². The molecule has 0 spiro atoms. The predicted octanol–water partition coefficient (Wildman–Crippen LogP) is 2.75. The summed E-state index contributed by atoms with van der Waals surface area (Å²) in [5.41, 5.74) is 2.27. The first-order valence-corrected chi connectivity index (χ1v) is 9.30. The maximum Gasteiger partial charge on any atom is 0.256 e. The number of rotatable bonds is 6. The molecule has 0 radical (unpaired) electrons. The third-order valence-corrected chi connectivity index (χ3v) is 4.82. The molecule has 0 saturated heterocycles. The number of aromatic nitrogens is 1. The van der Waals surface area contributed by atoms with Crippen LogP contribution < -0.4 is 20.7 Å². The number of nitrogens with one attached hydrogen (secondary N) is 3. The minimum atomic E-state index is -0.272. The Hall–Kier alpha value is -2.84. The number of methoxy groups -OCH3 is 1. The number of hydrogen-bond acceptors (Lipinski definition) is 6. The molecule has 0 unspecified atom stereocenters. The molecule has 1 aliphatic rings. The molecule has 2 aromatic rings. The number of carbonyl (C=O) groups is 1. The Morgan fingerprint density at radius 1 is 1.43 bits per heavy atom. The van der Waals surface area contributed by atoms with Gasteiger partial charge in [0.25, 0.3) is 5.91 Å². The van der Waals surface area contributed by atoms with Crippen LogP contribution in [0.2, 0.25) is 5.02 Å². The van der Waals surface area contributed by atoms with Gasteiger partial charge < -0.3 is 25.8 Å². The number of aromatic hydroxyl groups is 1. The third-order valence-electron chi connectivity index (χ3n) is 4.22. The number of benzene rings is 1. The van der Waals surface area contributed by atoms with Gasteiger partial charge in [0.1, 0.15) is 10.7 Å². The molecule has 2 heterocycles. The fourth-order valence-electron chi connectivity index (χ4n) is 2.83. The highest BCUT2D eigenvalue weighted by molar-refractivity contribution is 7.81. The number of nitrogens with zero attached hydrogens (tertiary/aromatic N) is 1. The minimum absolute atomic E-state index is 0.0850. The first-order valence-electron chi connectivity index (χ1n) is 8.52. The molecule has 7 nitrogen and oxygen atoms in total. The number of para-hydroxylation sites is 1. The Morgan fingerprint density at radius 2 is 2.25 bits per heavy atom. The zero-order valence-electron chi connectivity index (χ0n) is 15.1. The molecule has 0 fully saturated rings. The van der Waals surface area contributed by atoms with Crippen LogP contribution in [0.4, 0.5) is 5.69 Å². The Morgan fingerprint density at radius 3 is 3.00 bits per heavy atom. The molecule has 0 bridgehead atoms. The molecule has 1 aromatic heterocycles. The van der Waals surface area contributed by atoms with E-state index in [1.807, 2.05) is 0 Å². The Kier molecular flexibility index (Phi) is 6.33. The van der Waals surface area contributed by atoms with Crippen molar-refractivity contribution in [2.45, 2.75) is 13.0 Å². The molecule has 1 aromatic carbocycles. The zero-order valence-corrected chi connectivity index (χ0v) is 16.7. The Bertz CT molecular complexity index is 949. The zero-order chi connectivity index (χ0) is 20.1. The molecular weight excluding hydrogens is 400 g/mol. The van der Waals surface area contributed by atoms with Crippen LogP contribution in [0.3, 0.4) is 0 Å². The van der Waals surface area contributed by atoms with E-state index in [4.69, 9.17) is 28.6 Å². The molecule has 3 rings (SSSR count). The van der Waals surface area contributed by atoms with Crippen molar-refractivity contribution in [2.24, 2.45) is 0 Å². The van der Waals surface area contributed by atoms with E-state index in [0.29, 0.717) is 52.8 Å². The normalized spacial score (nSPS) is 13.7. The molecule has 0 atom stereocenters.